The summed E-state index contributed by atoms with van der Waals surface area (Å²) < 4.78 is 5.96. The van der Waals surface area contributed by atoms with E-state index in [0.29, 0.717) is 17.4 Å². The zero-order valence-electron chi connectivity index (χ0n) is 12.9. The van der Waals surface area contributed by atoms with Crippen molar-refractivity contribution in [1.82, 2.24) is 9.97 Å². The van der Waals surface area contributed by atoms with Crippen LogP contribution in [0.25, 0.3) is 22.3 Å². The molecular weight excluding hydrogens is 298 g/mol. The Morgan fingerprint density at radius 3 is 2.17 bits per heavy atom. The van der Waals surface area contributed by atoms with Crippen molar-refractivity contribution < 1.29 is 4.74 Å². The molecule has 0 aliphatic carbocycles. The minimum atomic E-state index is 0.408. The largest absolute Gasteiger partial charge is 0.457 e. The smallest absolute Gasteiger partial charge is 0.162 e. The van der Waals surface area contributed by atoms with Crippen LogP contribution in [0.15, 0.2) is 78.9 Å². The molecule has 1 heterocycles. The highest BCUT2D eigenvalue weighted by Gasteiger charge is 2.12. The fourth-order valence-corrected chi connectivity index (χ4v) is 2.60. The van der Waals surface area contributed by atoms with E-state index in [1.54, 1.807) is 0 Å². The van der Waals surface area contributed by atoms with Gasteiger partial charge in [0.2, 0.25) is 0 Å². The van der Waals surface area contributed by atoms with Gasteiger partial charge < -0.3 is 10.5 Å². The molecule has 0 saturated carbocycles. The van der Waals surface area contributed by atoms with Gasteiger partial charge in [-0.2, -0.15) is 0 Å². The summed E-state index contributed by atoms with van der Waals surface area (Å²) in [5.41, 5.74) is 7.91. The van der Waals surface area contributed by atoms with Gasteiger partial charge in [0.05, 0.1) is 10.9 Å². The van der Waals surface area contributed by atoms with Crippen molar-refractivity contribution in [3.63, 3.8) is 0 Å². The molecule has 4 rings (SSSR count). The van der Waals surface area contributed by atoms with Crippen molar-refractivity contribution in [2.75, 3.05) is 5.73 Å². The summed E-state index contributed by atoms with van der Waals surface area (Å²) in [5.74, 6) is 2.41. The maximum atomic E-state index is 6.22. The van der Waals surface area contributed by atoms with Crippen LogP contribution in [0.2, 0.25) is 0 Å². The number of rotatable bonds is 3. The molecule has 0 bridgehead atoms. The standard InChI is InChI=1S/C20H15N3O/c21-19-18-16(22-20(23-19)14-8-3-1-4-9-14)12-7-13-17(18)24-15-10-5-2-6-11-15/h1-13H,(H2,21,22,23). The number of fused-ring (bicyclic) bond motifs is 1. The number of nitrogens with two attached hydrogens (primary N) is 1. The van der Waals surface area contributed by atoms with E-state index in [1.165, 1.54) is 0 Å². The van der Waals surface area contributed by atoms with Gasteiger partial charge in [-0.1, -0.05) is 54.6 Å². The Labute approximate surface area is 139 Å². The van der Waals surface area contributed by atoms with Gasteiger partial charge in [-0.3, -0.25) is 0 Å². The highest BCUT2D eigenvalue weighted by molar-refractivity contribution is 5.95. The molecule has 0 atom stereocenters. The number of hydrogen-bond donors (Lipinski definition) is 1. The molecule has 0 fully saturated rings. The van der Waals surface area contributed by atoms with Crippen molar-refractivity contribution in [3.05, 3.63) is 78.9 Å². The molecule has 0 unspecified atom stereocenters. The third-order valence-electron chi connectivity index (χ3n) is 3.72. The SMILES string of the molecule is Nc1nc(-c2ccccc2)nc2cccc(Oc3ccccc3)c12. The molecule has 24 heavy (non-hydrogen) atoms. The van der Waals surface area contributed by atoms with E-state index in [4.69, 9.17) is 10.5 Å². The molecule has 1 aromatic heterocycles. The van der Waals surface area contributed by atoms with Crippen molar-refractivity contribution >= 4 is 16.7 Å². The zero-order valence-corrected chi connectivity index (χ0v) is 12.9. The number of para-hydroxylation sites is 1. The predicted octanol–water partition coefficient (Wildman–Crippen LogP) is 4.67. The third-order valence-corrected chi connectivity index (χ3v) is 3.72. The number of nitrogens with zero attached hydrogens (tertiary/aromatic N) is 2. The highest BCUT2D eigenvalue weighted by Crippen LogP contribution is 2.33. The van der Waals surface area contributed by atoms with Crippen LogP contribution in [0.3, 0.4) is 0 Å². The molecular formula is C20H15N3O. The number of hydrogen-bond acceptors (Lipinski definition) is 4. The molecule has 2 N–H and O–H groups in total. The summed E-state index contributed by atoms with van der Waals surface area (Å²) in [6, 6.07) is 25.1. The van der Waals surface area contributed by atoms with Crippen molar-refractivity contribution in [2.45, 2.75) is 0 Å². The molecule has 4 nitrogen and oxygen atoms in total. The van der Waals surface area contributed by atoms with Crippen molar-refractivity contribution in [3.8, 4) is 22.9 Å². The van der Waals surface area contributed by atoms with Crippen molar-refractivity contribution in [2.24, 2.45) is 0 Å². The molecule has 3 aromatic carbocycles. The average Bonchev–Trinajstić information content (AvgIpc) is 2.63. The van der Waals surface area contributed by atoms with Crippen LogP contribution in [0.1, 0.15) is 0 Å². The van der Waals surface area contributed by atoms with Crippen LogP contribution in [0.5, 0.6) is 11.5 Å². The Bertz CT molecular complexity index is 986. The van der Waals surface area contributed by atoms with Crippen LogP contribution in [0.4, 0.5) is 5.82 Å². The number of anilines is 1. The minimum absolute atomic E-state index is 0.408. The van der Waals surface area contributed by atoms with E-state index in [0.717, 1.165) is 22.2 Å². The molecule has 0 saturated heterocycles. The second-order valence-electron chi connectivity index (χ2n) is 5.36. The molecule has 0 radical (unpaired) electrons. The Morgan fingerprint density at radius 2 is 1.42 bits per heavy atom. The van der Waals surface area contributed by atoms with E-state index >= 15 is 0 Å². The van der Waals surface area contributed by atoms with Gasteiger partial charge in [-0.25, -0.2) is 9.97 Å². The number of benzene rings is 3. The second-order valence-corrected chi connectivity index (χ2v) is 5.36. The average molecular weight is 313 g/mol. The first-order valence-electron chi connectivity index (χ1n) is 7.66. The molecule has 116 valence electrons. The lowest BCUT2D eigenvalue weighted by atomic mass is 10.1. The van der Waals surface area contributed by atoms with Gasteiger partial charge in [-0.15, -0.1) is 0 Å². The predicted molar refractivity (Wildman–Crippen MR) is 95.9 cm³/mol. The number of aromatic nitrogens is 2. The van der Waals surface area contributed by atoms with E-state index in [1.807, 2.05) is 78.9 Å². The lowest BCUT2D eigenvalue weighted by molar-refractivity contribution is 0.488. The summed E-state index contributed by atoms with van der Waals surface area (Å²) in [6.45, 7) is 0. The molecule has 4 heteroatoms. The first-order valence-corrected chi connectivity index (χ1v) is 7.66. The molecule has 0 amide bonds. The summed E-state index contributed by atoms with van der Waals surface area (Å²) in [5, 5.41) is 0.723. The summed E-state index contributed by atoms with van der Waals surface area (Å²) in [4.78, 5) is 9.10. The topological polar surface area (TPSA) is 61.0 Å². The van der Waals surface area contributed by atoms with Gasteiger partial charge in [0.25, 0.3) is 0 Å². The third kappa shape index (κ3) is 2.65. The van der Waals surface area contributed by atoms with Gasteiger partial charge in [-0.05, 0) is 24.3 Å². The lowest BCUT2D eigenvalue weighted by Gasteiger charge is -2.11. The Kier molecular flexibility index (Phi) is 3.56. The van der Waals surface area contributed by atoms with Gasteiger partial charge >= 0.3 is 0 Å². The fraction of sp³-hybridized carbons (Fsp3) is 0. The van der Waals surface area contributed by atoms with Crippen molar-refractivity contribution in [1.29, 1.82) is 0 Å². The normalized spacial score (nSPS) is 10.7. The fourth-order valence-electron chi connectivity index (χ4n) is 2.60. The quantitative estimate of drug-likeness (QED) is 0.597. The van der Waals surface area contributed by atoms with Crippen LogP contribution in [-0.4, -0.2) is 9.97 Å². The summed E-state index contributed by atoms with van der Waals surface area (Å²) in [6.07, 6.45) is 0. The van der Waals surface area contributed by atoms with Gasteiger partial charge in [0.1, 0.15) is 17.3 Å². The van der Waals surface area contributed by atoms with E-state index < -0.39 is 0 Å². The lowest BCUT2D eigenvalue weighted by Crippen LogP contribution is -1.99. The molecule has 0 aliphatic rings. The van der Waals surface area contributed by atoms with Gasteiger partial charge in [0, 0.05) is 5.56 Å². The second kappa shape index (κ2) is 6.01. The highest BCUT2D eigenvalue weighted by atomic mass is 16.5. The van der Waals surface area contributed by atoms with Crippen LogP contribution in [0, 0.1) is 0 Å². The maximum absolute atomic E-state index is 6.22. The zero-order chi connectivity index (χ0) is 16.4. The Morgan fingerprint density at radius 1 is 0.708 bits per heavy atom. The summed E-state index contributed by atoms with van der Waals surface area (Å²) in [7, 11) is 0. The monoisotopic (exact) mass is 313 g/mol. The Hall–Kier alpha value is -3.40. The summed E-state index contributed by atoms with van der Waals surface area (Å²) >= 11 is 0. The van der Waals surface area contributed by atoms with Crippen LogP contribution in [-0.2, 0) is 0 Å². The number of nitrogen functional groups attached to an aromatic ring is 1. The first kappa shape index (κ1) is 14.2. The van der Waals surface area contributed by atoms with E-state index in [2.05, 4.69) is 9.97 Å². The first-order chi connectivity index (χ1) is 11.8. The van der Waals surface area contributed by atoms with Gasteiger partial charge in [0.15, 0.2) is 5.82 Å². The van der Waals surface area contributed by atoms with Crippen LogP contribution >= 0.6 is 0 Å². The van der Waals surface area contributed by atoms with E-state index in [-0.39, 0.29) is 0 Å². The molecule has 0 aliphatic heterocycles. The van der Waals surface area contributed by atoms with Crippen LogP contribution < -0.4 is 10.5 Å². The van der Waals surface area contributed by atoms with E-state index in [9.17, 15) is 0 Å². The Balaban J connectivity index is 1.83. The molecule has 4 aromatic rings. The molecule has 0 spiro atoms. The maximum Gasteiger partial charge on any atom is 0.162 e. The minimum Gasteiger partial charge on any atom is -0.457 e. The number of ether oxygens (including phenoxy) is 1.